The van der Waals surface area contributed by atoms with Crippen molar-refractivity contribution in [1.82, 2.24) is 15.0 Å². The van der Waals surface area contributed by atoms with Gasteiger partial charge in [-0.25, -0.2) is 9.78 Å². The molecule has 0 spiro atoms. The second kappa shape index (κ2) is 7.54. The molecule has 1 aliphatic carbocycles. The number of pyridine rings is 1. The number of carboxylic acids is 1. The average molecular weight is 395 g/mol. The van der Waals surface area contributed by atoms with Gasteiger partial charge in [0.2, 0.25) is 0 Å². The van der Waals surface area contributed by atoms with Crippen LogP contribution >= 0.6 is 0 Å². The minimum absolute atomic E-state index is 0.128. The standard InChI is InChI=1S/C21H21N3O5/c1-12-19-16(9-17(14-5-6-14)22-20(19)29-23-12)21(27)24(2)10-13-3-7-15(8-4-13)28-11-18(25)26/h3-4,7-9,14H,5-6,10-11H2,1-2H3,(H,25,26). The van der Waals surface area contributed by atoms with E-state index in [1.165, 1.54) is 0 Å². The number of ether oxygens (including phenoxy) is 1. The summed E-state index contributed by atoms with van der Waals surface area (Å²) < 4.78 is 10.5. The third-order valence-corrected chi connectivity index (χ3v) is 4.92. The molecular weight excluding hydrogens is 374 g/mol. The largest absolute Gasteiger partial charge is 0.482 e. The molecular formula is C21H21N3O5. The van der Waals surface area contributed by atoms with E-state index in [0.29, 0.717) is 40.6 Å². The molecule has 0 radical (unpaired) electrons. The van der Waals surface area contributed by atoms with E-state index in [9.17, 15) is 9.59 Å². The molecule has 2 aromatic heterocycles. The summed E-state index contributed by atoms with van der Waals surface area (Å²) in [5.41, 5.74) is 3.39. The first-order valence-electron chi connectivity index (χ1n) is 9.38. The summed E-state index contributed by atoms with van der Waals surface area (Å²) in [5.74, 6) is -0.301. The lowest BCUT2D eigenvalue weighted by Gasteiger charge is -2.18. The smallest absolute Gasteiger partial charge is 0.341 e. The molecule has 0 saturated heterocycles. The number of aromatic nitrogens is 2. The molecule has 0 aliphatic heterocycles. The minimum Gasteiger partial charge on any atom is -0.482 e. The molecule has 8 heteroatoms. The van der Waals surface area contributed by atoms with E-state index in [-0.39, 0.29) is 5.91 Å². The molecule has 0 atom stereocenters. The van der Waals surface area contributed by atoms with Gasteiger partial charge < -0.3 is 19.3 Å². The number of carbonyl (C=O) groups is 2. The zero-order valence-electron chi connectivity index (χ0n) is 16.2. The Morgan fingerprint density at radius 3 is 2.66 bits per heavy atom. The highest BCUT2D eigenvalue weighted by Crippen LogP contribution is 2.40. The lowest BCUT2D eigenvalue weighted by molar-refractivity contribution is -0.139. The van der Waals surface area contributed by atoms with Crippen LogP contribution in [0.1, 0.15) is 46.1 Å². The summed E-state index contributed by atoms with van der Waals surface area (Å²) in [6.07, 6.45) is 2.15. The summed E-state index contributed by atoms with van der Waals surface area (Å²) in [6.45, 7) is 1.80. The first-order valence-corrected chi connectivity index (χ1v) is 9.38. The maximum Gasteiger partial charge on any atom is 0.341 e. The van der Waals surface area contributed by atoms with Crippen molar-refractivity contribution in [2.75, 3.05) is 13.7 Å². The number of carboxylic acid groups (broad SMARTS) is 1. The molecule has 0 bridgehead atoms. The van der Waals surface area contributed by atoms with Gasteiger partial charge in [0.1, 0.15) is 5.75 Å². The van der Waals surface area contributed by atoms with Crippen LogP contribution in [0.25, 0.3) is 11.1 Å². The number of aliphatic carboxylic acids is 1. The maximum atomic E-state index is 13.2. The van der Waals surface area contributed by atoms with E-state index in [2.05, 4.69) is 10.1 Å². The maximum absolute atomic E-state index is 13.2. The van der Waals surface area contributed by atoms with Crippen LogP contribution in [0.5, 0.6) is 5.75 Å². The fraction of sp³-hybridized carbons (Fsp3) is 0.333. The Morgan fingerprint density at radius 2 is 2.00 bits per heavy atom. The van der Waals surface area contributed by atoms with E-state index in [1.807, 2.05) is 18.2 Å². The van der Waals surface area contributed by atoms with E-state index < -0.39 is 12.6 Å². The highest BCUT2D eigenvalue weighted by atomic mass is 16.5. The van der Waals surface area contributed by atoms with E-state index in [0.717, 1.165) is 24.1 Å². The van der Waals surface area contributed by atoms with Crippen molar-refractivity contribution in [3.8, 4) is 5.75 Å². The van der Waals surface area contributed by atoms with Crippen LogP contribution in [0, 0.1) is 6.92 Å². The first-order chi connectivity index (χ1) is 13.9. The molecule has 8 nitrogen and oxygen atoms in total. The number of amides is 1. The Labute approximate surface area is 167 Å². The van der Waals surface area contributed by atoms with Gasteiger partial charge in [-0.2, -0.15) is 0 Å². The summed E-state index contributed by atoms with van der Waals surface area (Å²) in [4.78, 5) is 29.9. The molecule has 29 heavy (non-hydrogen) atoms. The minimum atomic E-state index is -1.03. The van der Waals surface area contributed by atoms with Crippen LogP contribution in [0.4, 0.5) is 0 Å². The molecule has 1 fully saturated rings. The summed E-state index contributed by atoms with van der Waals surface area (Å²) in [7, 11) is 1.74. The average Bonchev–Trinajstić information content (AvgIpc) is 3.49. The van der Waals surface area contributed by atoms with Gasteiger partial charge in [0.25, 0.3) is 11.6 Å². The number of carbonyl (C=O) groups excluding carboxylic acids is 1. The third kappa shape index (κ3) is 4.06. The Kier molecular flexibility index (Phi) is 4.92. The van der Waals surface area contributed by atoms with Crippen LogP contribution in [0.2, 0.25) is 0 Å². The summed E-state index contributed by atoms with van der Waals surface area (Å²) in [6, 6.07) is 8.87. The lowest BCUT2D eigenvalue weighted by Crippen LogP contribution is -2.26. The van der Waals surface area contributed by atoms with Gasteiger partial charge in [-0.15, -0.1) is 0 Å². The van der Waals surface area contributed by atoms with Gasteiger partial charge in [0.15, 0.2) is 6.61 Å². The van der Waals surface area contributed by atoms with Crippen LogP contribution in [-0.4, -0.2) is 45.7 Å². The lowest BCUT2D eigenvalue weighted by atomic mass is 10.1. The quantitative estimate of drug-likeness (QED) is 0.655. The SMILES string of the molecule is Cc1noc2nc(C3CC3)cc(C(=O)N(C)Cc3ccc(OCC(=O)O)cc3)c12. The number of fused-ring (bicyclic) bond motifs is 1. The normalized spacial score (nSPS) is 13.4. The fourth-order valence-corrected chi connectivity index (χ4v) is 3.26. The van der Waals surface area contributed by atoms with Gasteiger partial charge in [0.05, 0.1) is 16.6 Å². The van der Waals surface area contributed by atoms with Crippen molar-refractivity contribution in [2.24, 2.45) is 0 Å². The van der Waals surface area contributed by atoms with Crippen molar-refractivity contribution >= 4 is 23.0 Å². The number of nitrogens with zero attached hydrogens (tertiary/aromatic N) is 3. The second-order valence-electron chi connectivity index (χ2n) is 7.30. The van der Waals surface area contributed by atoms with Crippen LogP contribution in [-0.2, 0) is 11.3 Å². The number of rotatable bonds is 7. The topological polar surface area (TPSA) is 106 Å². The number of aryl methyl sites for hydroxylation is 1. The molecule has 2 heterocycles. The van der Waals surface area contributed by atoms with Crippen molar-refractivity contribution in [1.29, 1.82) is 0 Å². The molecule has 0 unspecified atom stereocenters. The number of benzene rings is 1. The molecule has 3 aromatic rings. The first kappa shape index (κ1) is 18.9. The molecule has 1 aromatic carbocycles. The van der Waals surface area contributed by atoms with Gasteiger partial charge in [-0.05, 0) is 43.5 Å². The predicted molar refractivity (Wildman–Crippen MR) is 104 cm³/mol. The van der Waals surface area contributed by atoms with Gasteiger partial charge >= 0.3 is 5.97 Å². The van der Waals surface area contributed by atoms with Crippen LogP contribution in [0.3, 0.4) is 0 Å². The molecule has 1 saturated carbocycles. The molecule has 150 valence electrons. The molecule has 1 amide bonds. The summed E-state index contributed by atoms with van der Waals surface area (Å²) >= 11 is 0. The van der Waals surface area contributed by atoms with Crippen LogP contribution in [0.15, 0.2) is 34.9 Å². The Balaban J connectivity index is 1.53. The number of hydrogen-bond acceptors (Lipinski definition) is 6. The third-order valence-electron chi connectivity index (χ3n) is 4.92. The van der Waals surface area contributed by atoms with Gasteiger partial charge in [0, 0.05) is 25.2 Å². The molecule has 1 N–H and O–H groups in total. The van der Waals surface area contributed by atoms with Crippen molar-refractivity contribution in [3.63, 3.8) is 0 Å². The van der Waals surface area contributed by atoms with Crippen molar-refractivity contribution < 1.29 is 24.0 Å². The van der Waals surface area contributed by atoms with Crippen LogP contribution < -0.4 is 4.74 Å². The Morgan fingerprint density at radius 1 is 1.28 bits per heavy atom. The monoisotopic (exact) mass is 395 g/mol. The van der Waals surface area contributed by atoms with E-state index in [1.54, 1.807) is 31.0 Å². The highest BCUT2D eigenvalue weighted by molar-refractivity contribution is 6.06. The molecule has 1 aliphatic rings. The highest BCUT2D eigenvalue weighted by Gasteiger charge is 2.29. The number of hydrogen-bond donors (Lipinski definition) is 1. The fourth-order valence-electron chi connectivity index (χ4n) is 3.26. The van der Waals surface area contributed by atoms with Gasteiger partial charge in [-0.1, -0.05) is 17.3 Å². The predicted octanol–water partition coefficient (Wildman–Crippen LogP) is 3.14. The Bertz CT molecular complexity index is 1070. The van der Waals surface area contributed by atoms with Gasteiger partial charge in [-0.3, -0.25) is 4.79 Å². The molecule has 4 rings (SSSR count). The summed E-state index contributed by atoms with van der Waals surface area (Å²) in [5, 5.41) is 13.3. The van der Waals surface area contributed by atoms with Crippen molar-refractivity contribution in [2.45, 2.75) is 32.2 Å². The zero-order chi connectivity index (χ0) is 20.5. The van der Waals surface area contributed by atoms with E-state index >= 15 is 0 Å². The Hall–Kier alpha value is -3.42. The zero-order valence-corrected chi connectivity index (χ0v) is 16.2. The second-order valence-corrected chi connectivity index (χ2v) is 7.30. The van der Waals surface area contributed by atoms with Crippen molar-refractivity contribution in [3.05, 3.63) is 52.8 Å². The van der Waals surface area contributed by atoms with E-state index in [4.69, 9.17) is 14.4 Å².